The molecule has 0 saturated carbocycles. The van der Waals surface area contributed by atoms with Crippen LogP contribution in [0, 0.1) is 0 Å². The van der Waals surface area contributed by atoms with Crippen molar-refractivity contribution in [2.75, 3.05) is 32.7 Å². The molecule has 0 aliphatic carbocycles. The lowest BCUT2D eigenvalue weighted by molar-refractivity contribution is -0.132. The number of para-hydroxylation sites is 1. The van der Waals surface area contributed by atoms with Gasteiger partial charge in [-0.3, -0.25) is 4.79 Å². The Hall–Kier alpha value is -1.96. The molecule has 1 aliphatic rings. The molecule has 7 heteroatoms. The number of benzene rings is 1. The maximum atomic E-state index is 13.0. The van der Waals surface area contributed by atoms with Gasteiger partial charge >= 0.3 is 0 Å². The zero-order chi connectivity index (χ0) is 19.5. The van der Waals surface area contributed by atoms with E-state index < -0.39 is 0 Å². The van der Waals surface area contributed by atoms with E-state index in [-0.39, 0.29) is 11.2 Å². The summed E-state index contributed by atoms with van der Waals surface area (Å²) in [4.78, 5) is 28.0. The van der Waals surface area contributed by atoms with Crippen molar-refractivity contribution in [3.8, 4) is 10.7 Å². The van der Waals surface area contributed by atoms with Gasteiger partial charge in [-0.05, 0) is 31.0 Å². The smallest absolute Gasteiger partial charge is 0.235 e. The highest BCUT2D eigenvalue weighted by Gasteiger charge is 2.26. The molecule has 4 rings (SSSR count). The first-order valence-corrected chi connectivity index (χ1v) is 11.4. The van der Waals surface area contributed by atoms with Crippen LogP contribution in [0.1, 0.15) is 13.8 Å². The van der Waals surface area contributed by atoms with E-state index in [9.17, 15) is 4.79 Å². The normalized spacial score (nSPS) is 16.4. The Bertz CT molecular complexity index is 952. The number of amides is 1. The minimum atomic E-state index is -0.178. The minimum Gasteiger partial charge on any atom is -0.339 e. The molecular formula is C21H24N4OS2. The van der Waals surface area contributed by atoms with Gasteiger partial charge in [0, 0.05) is 31.6 Å². The van der Waals surface area contributed by atoms with Crippen LogP contribution in [-0.2, 0) is 4.79 Å². The van der Waals surface area contributed by atoms with E-state index in [0.717, 1.165) is 59.4 Å². The summed E-state index contributed by atoms with van der Waals surface area (Å²) in [5.74, 6) is 0.925. The number of rotatable bonds is 5. The quantitative estimate of drug-likeness (QED) is 0.468. The first-order valence-electron chi connectivity index (χ1n) is 9.64. The second kappa shape index (κ2) is 8.59. The van der Waals surface area contributed by atoms with Crippen molar-refractivity contribution in [3.05, 3.63) is 41.8 Å². The zero-order valence-electron chi connectivity index (χ0n) is 16.2. The Kier molecular flexibility index (Phi) is 5.94. The summed E-state index contributed by atoms with van der Waals surface area (Å²) >= 11 is 3.17. The lowest BCUT2D eigenvalue weighted by atomic mass is 10.2. The van der Waals surface area contributed by atoms with Crippen LogP contribution in [0.5, 0.6) is 0 Å². The molecule has 3 aromatic rings. The molecule has 3 heterocycles. The number of aromatic nitrogens is 2. The monoisotopic (exact) mass is 412 g/mol. The predicted octanol–water partition coefficient (Wildman–Crippen LogP) is 4.00. The highest BCUT2D eigenvalue weighted by molar-refractivity contribution is 8.00. The van der Waals surface area contributed by atoms with Crippen LogP contribution in [0.4, 0.5) is 0 Å². The topological polar surface area (TPSA) is 49.3 Å². The number of hydrogen-bond acceptors (Lipinski definition) is 6. The van der Waals surface area contributed by atoms with Crippen LogP contribution in [0.15, 0.2) is 46.8 Å². The van der Waals surface area contributed by atoms with Crippen LogP contribution in [0.3, 0.4) is 0 Å². The number of piperazine rings is 1. The van der Waals surface area contributed by atoms with Gasteiger partial charge in [-0.15, -0.1) is 11.3 Å². The van der Waals surface area contributed by atoms with Gasteiger partial charge in [0.1, 0.15) is 5.03 Å². The van der Waals surface area contributed by atoms with Gasteiger partial charge in [-0.1, -0.05) is 43.0 Å². The highest BCUT2D eigenvalue weighted by Crippen LogP contribution is 2.32. The van der Waals surface area contributed by atoms with Gasteiger partial charge in [0.05, 0.1) is 15.6 Å². The second-order valence-corrected chi connectivity index (χ2v) is 9.14. The van der Waals surface area contributed by atoms with Crippen molar-refractivity contribution in [3.63, 3.8) is 0 Å². The van der Waals surface area contributed by atoms with Gasteiger partial charge in [0.15, 0.2) is 5.82 Å². The Morgan fingerprint density at radius 1 is 1.14 bits per heavy atom. The maximum absolute atomic E-state index is 13.0. The van der Waals surface area contributed by atoms with E-state index in [1.54, 1.807) is 23.1 Å². The zero-order valence-corrected chi connectivity index (χ0v) is 17.8. The number of likely N-dealkylation sites (N-methyl/N-ethyl adjacent to an activating group) is 1. The summed E-state index contributed by atoms with van der Waals surface area (Å²) in [7, 11) is 0. The van der Waals surface area contributed by atoms with Crippen LogP contribution < -0.4 is 0 Å². The molecule has 0 unspecified atom stereocenters. The molecule has 0 spiro atoms. The molecule has 1 aliphatic heterocycles. The van der Waals surface area contributed by atoms with E-state index >= 15 is 0 Å². The average molecular weight is 413 g/mol. The van der Waals surface area contributed by atoms with Gasteiger partial charge < -0.3 is 9.80 Å². The number of fused-ring (bicyclic) bond motifs is 1. The molecular weight excluding hydrogens is 388 g/mol. The second-order valence-electron chi connectivity index (χ2n) is 6.87. The number of carbonyl (C=O) groups is 1. The van der Waals surface area contributed by atoms with E-state index in [2.05, 4.69) is 11.8 Å². The Labute approximate surface area is 173 Å². The fourth-order valence-corrected chi connectivity index (χ4v) is 5.09. The van der Waals surface area contributed by atoms with E-state index in [4.69, 9.17) is 9.97 Å². The summed E-state index contributed by atoms with van der Waals surface area (Å²) in [5.41, 5.74) is 0.916. The molecule has 0 radical (unpaired) electrons. The van der Waals surface area contributed by atoms with Gasteiger partial charge in [-0.2, -0.15) is 0 Å². The number of thioether (sulfide) groups is 1. The summed E-state index contributed by atoms with van der Waals surface area (Å²) in [6.45, 7) is 8.73. The Morgan fingerprint density at radius 2 is 1.93 bits per heavy atom. The number of hydrogen-bond donors (Lipinski definition) is 0. The van der Waals surface area contributed by atoms with Crippen LogP contribution in [0.2, 0.25) is 0 Å². The van der Waals surface area contributed by atoms with Crippen molar-refractivity contribution in [2.45, 2.75) is 24.1 Å². The number of carbonyl (C=O) groups excluding carboxylic acids is 1. The molecule has 28 heavy (non-hydrogen) atoms. The largest absolute Gasteiger partial charge is 0.339 e. The summed E-state index contributed by atoms with van der Waals surface area (Å²) < 4.78 is 0. The lowest BCUT2D eigenvalue weighted by Gasteiger charge is -2.35. The predicted molar refractivity (Wildman–Crippen MR) is 117 cm³/mol. The Balaban J connectivity index is 1.57. The fraction of sp³-hybridized carbons (Fsp3) is 0.381. The van der Waals surface area contributed by atoms with Crippen molar-refractivity contribution in [2.24, 2.45) is 0 Å². The van der Waals surface area contributed by atoms with Crippen LogP contribution in [-0.4, -0.2) is 63.6 Å². The molecule has 1 amide bonds. The first-order chi connectivity index (χ1) is 13.7. The molecule has 0 N–H and O–H groups in total. The van der Waals surface area contributed by atoms with Crippen LogP contribution in [0.25, 0.3) is 21.6 Å². The average Bonchev–Trinajstić information content (AvgIpc) is 3.28. The molecule has 1 fully saturated rings. The molecule has 1 aromatic carbocycles. The minimum absolute atomic E-state index is 0.178. The van der Waals surface area contributed by atoms with Crippen molar-refractivity contribution in [1.29, 1.82) is 0 Å². The molecule has 0 bridgehead atoms. The molecule has 5 nitrogen and oxygen atoms in total. The highest BCUT2D eigenvalue weighted by atomic mass is 32.2. The van der Waals surface area contributed by atoms with Crippen LogP contribution >= 0.6 is 23.1 Å². The SMILES string of the molecule is CCN1CCN(C(=O)[C@H](C)Sc2nc(-c3cccs3)nc3ccccc23)CC1. The number of thiophene rings is 1. The first kappa shape index (κ1) is 19.4. The third-order valence-corrected chi connectivity index (χ3v) is 7.03. The lowest BCUT2D eigenvalue weighted by Crippen LogP contribution is -2.50. The molecule has 1 saturated heterocycles. The number of nitrogens with zero attached hydrogens (tertiary/aromatic N) is 4. The van der Waals surface area contributed by atoms with Gasteiger partial charge in [0.25, 0.3) is 0 Å². The Morgan fingerprint density at radius 3 is 2.64 bits per heavy atom. The fourth-order valence-electron chi connectivity index (χ4n) is 3.41. The van der Waals surface area contributed by atoms with E-state index in [0.29, 0.717) is 0 Å². The van der Waals surface area contributed by atoms with Crippen molar-refractivity contribution >= 4 is 39.9 Å². The molecule has 146 valence electrons. The van der Waals surface area contributed by atoms with Crippen molar-refractivity contribution < 1.29 is 4.79 Å². The standard InChI is InChI=1S/C21H24N4OS2/c1-3-24-10-12-25(13-11-24)21(26)15(2)28-20-16-7-4-5-8-17(16)22-19(23-20)18-9-6-14-27-18/h4-9,14-15H,3,10-13H2,1-2H3/t15-/m0/s1. The summed E-state index contributed by atoms with van der Waals surface area (Å²) in [5, 5.41) is 3.73. The maximum Gasteiger partial charge on any atom is 0.235 e. The van der Waals surface area contributed by atoms with Gasteiger partial charge in [-0.25, -0.2) is 9.97 Å². The molecule has 2 aromatic heterocycles. The van der Waals surface area contributed by atoms with Gasteiger partial charge in [0.2, 0.25) is 5.91 Å². The van der Waals surface area contributed by atoms with E-state index in [1.165, 1.54) is 0 Å². The summed E-state index contributed by atoms with van der Waals surface area (Å²) in [6.07, 6.45) is 0. The summed E-state index contributed by atoms with van der Waals surface area (Å²) in [6, 6.07) is 12.1. The van der Waals surface area contributed by atoms with Crippen molar-refractivity contribution in [1.82, 2.24) is 19.8 Å². The third kappa shape index (κ3) is 4.06. The molecule has 1 atom stereocenters. The van der Waals surface area contributed by atoms with E-state index in [1.807, 2.05) is 53.6 Å². The third-order valence-electron chi connectivity index (χ3n) is 5.08.